The van der Waals surface area contributed by atoms with Crippen LogP contribution in [0.4, 0.5) is 54.5 Å². The molecule has 1 saturated carbocycles. The van der Waals surface area contributed by atoms with Crippen LogP contribution in [0.25, 0.3) is 22.0 Å². The van der Waals surface area contributed by atoms with Gasteiger partial charge in [0, 0.05) is 52.5 Å². The fourth-order valence-electron chi connectivity index (χ4n) is 6.68. The number of allylic oxidation sites excluding steroid dienone is 2. The number of ether oxygens (including phenoxy) is 1. The molecule has 5 rings (SSSR count). The Morgan fingerprint density at radius 3 is 2.29 bits per heavy atom. The smallest absolute Gasteiger partial charge is 0.431 e. The van der Waals surface area contributed by atoms with Crippen LogP contribution in [-0.4, -0.2) is 95.9 Å². The standard InChI is InChI=1S/C42H38ClF10N7O6S2/c1-20(37(62)63)66-38(64)60(67-4)36-31-28(43)9-8-26(33(31)59(58-36)19-41(48,49)50)25-7-6-24(10-12-39(2,3)68(5)65)56-32(25)29(16-21-14-22(44)17-23(45)15-21)57-30(61)18-55-35-27(11-13-40(35,46)47)34(54)42(51,52)53/h6-9,14-15,17,20,29H,11,13,16,18-19,54H2,1-5H3,(H,57,61)(H,62,63)/b34-27-,55-35?. The van der Waals surface area contributed by atoms with Crippen LogP contribution >= 0.6 is 23.5 Å². The van der Waals surface area contributed by atoms with Crippen molar-refractivity contribution in [1.82, 2.24) is 20.1 Å². The van der Waals surface area contributed by atoms with Gasteiger partial charge in [-0.25, -0.2) is 23.4 Å². The van der Waals surface area contributed by atoms with Crippen molar-refractivity contribution in [2.75, 3.05) is 23.4 Å². The molecular formula is C42H38ClF10N7O6S2. The molecule has 1 aliphatic rings. The van der Waals surface area contributed by atoms with Crippen molar-refractivity contribution in [1.29, 1.82) is 0 Å². The number of pyridine rings is 1. The lowest BCUT2D eigenvalue weighted by Gasteiger charge is -2.23. The first-order valence-electron chi connectivity index (χ1n) is 19.6. The number of benzene rings is 2. The van der Waals surface area contributed by atoms with Crippen LogP contribution in [-0.2, 0) is 38.1 Å². The Bertz CT molecular complexity index is 2790. The number of aromatic nitrogens is 3. The number of aliphatic imine (C=N–C) groups is 1. The second-order valence-electron chi connectivity index (χ2n) is 15.5. The fraction of sp³-hybridized carbons (Fsp3) is 0.381. The summed E-state index contributed by atoms with van der Waals surface area (Å²) in [7, 11) is -1.55. The van der Waals surface area contributed by atoms with Crippen LogP contribution in [0.3, 0.4) is 0 Å². The summed E-state index contributed by atoms with van der Waals surface area (Å²) in [4.78, 5) is 46.7. The van der Waals surface area contributed by atoms with Gasteiger partial charge in [-0.15, -0.1) is 0 Å². The molecule has 3 atom stereocenters. The average molecular weight is 1030 g/mol. The molecule has 1 fully saturated rings. The Labute approximate surface area is 392 Å². The quantitative estimate of drug-likeness (QED) is 0.0665. The predicted octanol–water partition coefficient (Wildman–Crippen LogP) is 8.84. The number of amides is 2. The van der Waals surface area contributed by atoms with E-state index in [0.29, 0.717) is 27.0 Å². The summed E-state index contributed by atoms with van der Waals surface area (Å²) in [6.07, 6.45) is -13.3. The van der Waals surface area contributed by atoms with E-state index >= 15 is 0 Å². The maximum Gasteiger partial charge on any atom is 0.431 e. The molecule has 4 aromatic rings. The van der Waals surface area contributed by atoms with E-state index in [2.05, 4.69) is 32.2 Å². The number of rotatable bonds is 13. The van der Waals surface area contributed by atoms with Crippen molar-refractivity contribution in [3.8, 4) is 23.0 Å². The summed E-state index contributed by atoms with van der Waals surface area (Å²) in [5, 5.41) is 15.2. The number of carbonyl (C=O) groups is 3. The van der Waals surface area contributed by atoms with Gasteiger partial charge in [0.15, 0.2) is 11.9 Å². The van der Waals surface area contributed by atoms with Crippen LogP contribution in [0.15, 0.2) is 58.7 Å². The predicted molar refractivity (Wildman–Crippen MR) is 233 cm³/mol. The summed E-state index contributed by atoms with van der Waals surface area (Å²) < 4.78 is 160. The Balaban J connectivity index is 1.81. The van der Waals surface area contributed by atoms with E-state index in [0.717, 1.165) is 19.1 Å². The molecule has 13 nitrogen and oxygen atoms in total. The molecule has 0 radical (unpaired) electrons. The van der Waals surface area contributed by atoms with E-state index in [1.54, 1.807) is 0 Å². The minimum Gasteiger partial charge on any atom is -0.479 e. The Morgan fingerprint density at radius 2 is 1.72 bits per heavy atom. The summed E-state index contributed by atoms with van der Waals surface area (Å²) >= 11 is 7.19. The molecule has 366 valence electrons. The second-order valence-corrected chi connectivity index (χ2v) is 18.5. The molecule has 68 heavy (non-hydrogen) atoms. The molecule has 0 saturated heterocycles. The monoisotopic (exact) mass is 1030 g/mol. The molecule has 2 heterocycles. The minimum atomic E-state index is -5.24. The van der Waals surface area contributed by atoms with Crippen LogP contribution < -0.4 is 15.4 Å². The molecule has 0 bridgehead atoms. The van der Waals surface area contributed by atoms with Gasteiger partial charge in [0.05, 0.1) is 27.7 Å². The van der Waals surface area contributed by atoms with E-state index < -0.39 is 136 Å². The third-order valence-corrected chi connectivity index (χ3v) is 12.6. The lowest BCUT2D eigenvalue weighted by molar-refractivity contribution is -0.145. The molecule has 2 aromatic carbocycles. The Hall–Kier alpha value is -5.87. The lowest BCUT2D eigenvalue weighted by Crippen LogP contribution is -2.34. The second kappa shape index (κ2) is 20.4. The molecule has 0 spiro atoms. The molecule has 2 aromatic heterocycles. The number of fused-ring (bicyclic) bond motifs is 1. The zero-order valence-electron chi connectivity index (χ0n) is 36.0. The van der Waals surface area contributed by atoms with Crippen LogP contribution in [0.1, 0.15) is 56.6 Å². The zero-order chi connectivity index (χ0) is 50.8. The maximum atomic E-state index is 15.0. The molecule has 0 aliphatic heterocycles. The molecule has 4 N–H and O–H groups in total. The van der Waals surface area contributed by atoms with Crippen LogP contribution in [0, 0.1) is 23.5 Å². The van der Waals surface area contributed by atoms with Crippen molar-refractivity contribution >= 4 is 74.8 Å². The number of carboxylic acid groups (broad SMARTS) is 1. The van der Waals surface area contributed by atoms with Gasteiger partial charge >= 0.3 is 24.4 Å². The number of hydrogen-bond acceptors (Lipinski definition) is 10. The van der Waals surface area contributed by atoms with Crippen molar-refractivity contribution in [3.63, 3.8) is 0 Å². The largest absolute Gasteiger partial charge is 0.479 e. The zero-order valence-corrected chi connectivity index (χ0v) is 38.4. The van der Waals surface area contributed by atoms with Crippen LogP contribution in [0.5, 0.6) is 0 Å². The minimum absolute atomic E-state index is 0.131. The van der Waals surface area contributed by atoms with E-state index in [1.807, 2.05) is 0 Å². The number of carboxylic acids is 1. The third-order valence-electron chi connectivity index (χ3n) is 10.1. The van der Waals surface area contributed by atoms with E-state index in [9.17, 15) is 67.6 Å². The van der Waals surface area contributed by atoms with Gasteiger partial charge in [-0.2, -0.15) is 44.5 Å². The summed E-state index contributed by atoms with van der Waals surface area (Å²) in [5.74, 6) is -4.01. The third kappa shape index (κ3) is 12.4. The van der Waals surface area contributed by atoms with Gasteiger partial charge < -0.3 is 20.9 Å². The number of nitrogens with zero attached hydrogens (tertiary/aromatic N) is 5. The van der Waals surface area contributed by atoms with Gasteiger partial charge in [0.1, 0.15) is 46.6 Å². The first-order valence-corrected chi connectivity index (χ1v) is 22.7. The number of aliphatic carboxylic acids is 1. The Kier molecular flexibility index (Phi) is 15.9. The highest BCUT2D eigenvalue weighted by Crippen LogP contribution is 2.44. The van der Waals surface area contributed by atoms with E-state index in [-0.39, 0.29) is 38.5 Å². The molecule has 2 amide bonds. The topological polar surface area (TPSA) is 182 Å². The van der Waals surface area contributed by atoms with Gasteiger partial charge in [0.25, 0.3) is 5.92 Å². The van der Waals surface area contributed by atoms with Gasteiger partial charge in [0.2, 0.25) is 5.91 Å². The number of halogens is 11. The average Bonchev–Trinajstić information content (AvgIpc) is 3.73. The summed E-state index contributed by atoms with van der Waals surface area (Å²) in [6, 6.07) is 5.51. The molecule has 3 unspecified atom stereocenters. The normalized spacial score (nSPS) is 16.7. The highest BCUT2D eigenvalue weighted by atomic mass is 35.5. The first-order chi connectivity index (χ1) is 31.4. The number of hydrogen-bond donors (Lipinski definition) is 3. The number of carbonyl (C=O) groups excluding carboxylic acids is 2. The Morgan fingerprint density at radius 1 is 1.09 bits per heavy atom. The highest BCUT2D eigenvalue weighted by molar-refractivity contribution is 8.00. The number of nitrogens with two attached hydrogens (primary N) is 1. The highest BCUT2D eigenvalue weighted by Gasteiger charge is 2.48. The molecular weight excluding hydrogens is 988 g/mol. The number of anilines is 1. The summed E-state index contributed by atoms with van der Waals surface area (Å²) in [6.45, 7) is 0.971. The maximum absolute atomic E-state index is 15.0. The van der Waals surface area contributed by atoms with Gasteiger partial charge in [-0.05, 0) is 87.4 Å². The molecule has 26 heteroatoms. The number of nitrogens with one attached hydrogen (secondary N) is 1. The van der Waals surface area contributed by atoms with Gasteiger partial charge in [-0.1, -0.05) is 23.6 Å². The van der Waals surface area contributed by atoms with Crippen molar-refractivity contribution in [2.45, 2.75) is 81.7 Å². The van der Waals surface area contributed by atoms with Gasteiger partial charge in [-0.3, -0.25) is 18.7 Å². The first kappa shape index (κ1) is 53.1. The van der Waals surface area contributed by atoms with Crippen molar-refractivity contribution in [2.24, 2.45) is 10.7 Å². The SMILES string of the molecule is CSN(C(=O)OC(C)C(=O)O)c1nn(CC(F)(F)F)c2c(-c3ccc(C#CC(C)(C)S(C)=O)nc3C(Cc3cc(F)cc(F)c3)NC(=O)CN=C3/C(=C(\N)C(F)(F)F)CCC3(F)F)ccc(Cl)c12. The van der Waals surface area contributed by atoms with Crippen LogP contribution in [0.2, 0.25) is 5.02 Å². The lowest BCUT2D eigenvalue weighted by atomic mass is 9.93. The fourth-order valence-corrected chi connectivity index (χ4v) is 7.61. The number of alkyl halides is 8. The van der Waals surface area contributed by atoms with E-state index in [4.69, 9.17) is 22.1 Å². The molecule has 1 aliphatic carbocycles. The van der Waals surface area contributed by atoms with Crippen molar-refractivity contribution < 1.29 is 72.3 Å². The van der Waals surface area contributed by atoms with E-state index in [1.165, 1.54) is 50.6 Å². The summed E-state index contributed by atoms with van der Waals surface area (Å²) in [5.41, 5.74) is -0.562. The van der Waals surface area contributed by atoms with Crippen molar-refractivity contribution in [3.05, 3.63) is 87.3 Å².